The molecular weight excluding hydrogens is 365 g/mol. The Morgan fingerprint density at radius 2 is 1.08 bits per heavy atom. The molecule has 0 bridgehead atoms. The van der Waals surface area contributed by atoms with Gasteiger partial charge in [0, 0.05) is 34.0 Å². The summed E-state index contributed by atoms with van der Waals surface area (Å²) in [6, 6.07) is 15.4. The number of halogens is 3. The largest absolute Gasteiger partial charge is 0.302 e. The third-order valence-corrected chi connectivity index (χ3v) is 5.22. The fourth-order valence-corrected chi connectivity index (χ4v) is 3.59. The minimum absolute atomic E-state index is 0. The molecule has 4 atom stereocenters. The van der Waals surface area contributed by atoms with Crippen LogP contribution < -0.4 is 5.32 Å². The maximum atomic E-state index is 12.7. The molecular formula is C19H20Cl3NO. The van der Waals surface area contributed by atoms with E-state index in [-0.39, 0.29) is 42.1 Å². The molecule has 1 N–H and O–H groups in total. The van der Waals surface area contributed by atoms with Crippen molar-refractivity contribution in [2.75, 3.05) is 0 Å². The third kappa shape index (κ3) is 3.78. The Kier molecular flexibility index (Phi) is 6.33. The summed E-state index contributed by atoms with van der Waals surface area (Å²) in [5.41, 5.74) is 2.17. The van der Waals surface area contributed by atoms with E-state index in [9.17, 15) is 4.79 Å². The Bertz CT molecular complexity index is 640. The first-order chi connectivity index (χ1) is 11.0. The van der Waals surface area contributed by atoms with E-state index in [1.165, 1.54) is 0 Å². The smallest absolute Gasteiger partial charge is 0.142 e. The van der Waals surface area contributed by atoms with Gasteiger partial charge in [-0.05, 0) is 35.4 Å². The van der Waals surface area contributed by atoms with Gasteiger partial charge in [0.2, 0.25) is 0 Å². The molecule has 0 radical (unpaired) electrons. The minimum atomic E-state index is -0.0743. The van der Waals surface area contributed by atoms with Gasteiger partial charge in [0.05, 0.1) is 0 Å². The van der Waals surface area contributed by atoms with E-state index in [2.05, 4.69) is 5.32 Å². The SMILES string of the molecule is CC1C(=O)C(C)C(c2ccc(Cl)cc2)NC1c1ccc(Cl)cc1.Cl. The van der Waals surface area contributed by atoms with Crippen LogP contribution in [0.4, 0.5) is 0 Å². The molecule has 128 valence electrons. The Labute approximate surface area is 159 Å². The van der Waals surface area contributed by atoms with Crippen LogP contribution in [0.1, 0.15) is 37.1 Å². The monoisotopic (exact) mass is 383 g/mol. The Hall–Kier alpha value is -1.06. The van der Waals surface area contributed by atoms with Crippen LogP contribution in [0.25, 0.3) is 0 Å². The van der Waals surface area contributed by atoms with Gasteiger partial charge < -0.3 is 5.32 Å². The highest BCUT2D eigenvalue weighted by Crippen LogP contribution is 2.38. The second-order valence-electron chi connectivity index (χ2n) is 6.20. The molecule has 5 heteroatoms. The van der Waals surface area contributed by atoms with Gasteiger partial charge in [-0.1, -0.05) is 61.3 Å². The molecule has 0 saturated carbocycles. The van der Waals surface area contributed by atoms with Gasteiger partial charge in [0.1, 0.15) is 5.78 Å². The first-order valence-corrected chi connectivity index (χ1v) is 8.53. The Balaban J connectivity index is 0.00000208. The number of Topliss-reactive ketones (excluding diaryl/α,β-unsaturated/α-hetero) is 1. The number of nitrogens with one attached hydrogen (secondary N) is 1. The van der Waals surface area contributed by atoms with Crippen molar-refractivity contribution in [3.05, 3.63) is 69.7 Å². The first kappa shape index (κ1) is 19.3. The summed E-state index contributed by atoms with van der Waals surface area (Å²) in [4.78, 5) is 12.7. The van der Waals surface area contributed by atoms with Crippen LogP contribution in [0.15, 0.2) is 48.5 Å². The highest BCUT2D eigenvalue weighted by atomic mass is 35.5. The van der Waals surface area contributed by atoms with Crippen molar-refractivity contribution < 1.29 is 4.79 Å². The number of carbonyl (C=O) groups is 1. The quantitative estimate of drug-likeness (QED) is 0.725. The molecule has 1 heterocycles. The molecule has 4 unspecified atom stereocenters. The molecule has 1 aliphatic rings. The van der Waals surface area contributed by atoms with Crippen LogP contribution in [0.3, 0.4) is 0 Å². The molecule has 1 aliphatic heterocycles. The van der Waals surface area contributed by atoms with Gasteiger partial charge in [0.25, 0.3) is 0 Å². The van der Waals surface area contributed by atoms with Gasteiger partial charge in [-0.3, -0.25) is 4.79 Å². The number of piperidine rings is 1. The zero-order valence-electron chi connectivity index (χ0n) is 13.5. The summed E-state index contributed by atoms with van der Waals surface area (Å²) in [5.74, 6) is 0.133. The normalized spacial score (nSPS) is 26.8. The standard InChI is InChI=1S/C19H19Cl2NO.ClH/c1-11-17(13-3-7-15(20)8-4-13)22-18(12(2)19(11)23)14-5-9-16(21)10-6-14;/h3-12,17-18,22H,1-2H3;1H. The summed E-state index contributed by atoms with van der Waals surface area (Å²) in [6.07, 6.45) is 0. The average molecular weight is 385 g/mol. The second-order valence-corrected chi connectivity index (χ2v) is 7.08. The van der Waals surface area contributed by atoms with Crippen LogP contribution in [-0.2, 0) is 4.79 Å². The highest BCUT2D eigenvalue weighted by Gasteiger charge is 2.40. The van der Waals surface area contributed by atoms with E-state index >= 15 is 0 Å². The molecule has 2 aromatic carbocycles. The number of ketones is 1. The lowest BCUT2D eigenvalue weighted by atomic mass is 9.76. The lowest BCUT2D eigenvalue weighted by Gasteiger charge is -2.39. The van der Waals surface area contributed by atoms with Crippen LogP contribution in [0, 0.1) is 11.8 Å². The van der Waals surface area contributed by atoms with E-state index in [4.69, 9.17) is 23.2 Å². The van der Waals surface area contributed by atoms with Crippen molar-refractivity contribution in [1.29, 1.82) is 0 Å². The van der Waals surface area contributed by atoms with Gasteiger partial charge in [-0.15, -0.1) is 12.4 Å². The molecule has 2 aromatic rings. The summed E-state index contributed by atoms with van der Waals surface area (Å²) in [7, 11) is 0. The lowest BCUT2D eigenvalue weighted by molar-refractivity contribution is -0.130. The third-order valence-electron chi connectivity index (χ3n) is 4.71. The molecule has 1 fully saturated rings. The van der Waals surface area contributed by atoms with Gasteiger partial charge in [0.15, 0.2) is 0 Å². The summed E-state index contributed by atoms with van der Waals surface area (Å²) in [5, 5.41) is 5.05. The molecule has 2 nitrogen and oxygen atoms in total. The molecule has 0 aromatic heterocycles. The molecule has 0 spiro atoms. The molecule has 24 heavy (non-hydrogen) atoms. The topological polar surface area (TPSA) is 29.1 Å². The Morgan fingerprint density at radius 1 is 0.750 bits per heavy atom. The number of hydrogen-bond donors (Lipinski definition) is 1. The van der Waals surface area contributed by atoms with E-state index in [0.717, 1.165) is 11.1 Å². The molecule has 0 aliphatic carbocycles. The maximum Gasteiger partial charge on any atom is 0.142 e. The van der Waals surface area contributed by atoms with Crippen LogP contribution in [0.2, 0.25) is 10.0 Å². The van der Waals surface area contributed by atoms with Crippen LogP contribution >= 0.6 is 35.6 Å². The number of rotatable bonds is 2. The van der Waals surface area contributed by atoms with Crippen LogP contribution in [-0.4, -0.2) is 5.78 Å². The average Bonchev–Trinajstić information content (AvgIpc) is 2.55. The van der Waals surface area contributed by atoms with Gasteiger partial charge in [-0.25, -0.2) is 0 Å². The fourth-order valence-electron chi connectivity index (χ4n) is 3.34. The number of hydrogen-bond acceptors (Lipinski definition) is 2. The van der Waals surface area contributed by atoms with Crippen molar-refractivity contribution in [2.24, 2.45) is 11.8 Å². The summed E-state index contributed by atoms with van der Waals surface area (Å²) >= 11 is 12.0. The zero-order chi connectivity index (χ0) is 16.6. The fraction of sp³-hybridized carbons (Fsp3) is 0.316. The van der Waals surface area contributed by atoms with Crippen molar-refractivity contribution in [3.8, 4) is 0 Å². The molecule has 1 saturated heterocycles. The van der Waals surface area contributed by atoms with E-state index in [1.54, 1.807) is 0 Å². The van der Waals surface area contributed by atoms with Crippen molar-refractivity contribution in [2.45, 2.75) is 25.9 Å². The van der Waals surface area contributed by atoms with E-state index < -0.39 is 0 Å². The predicted octanol–water partition coefficient (Wildman–Crippen LogP) is 5.64. The Morgan fingerprint density at radius 3 is 1.42 bits per heavy atom. The van der Waals surface area contributed by atoms with Gasteiger partial charge in [-0.2, -0.15) is 0 Å². The van der Waals surface area contributed by atoms with Crippen molar-refractivity contribution >= 4 is 41.4 Å². The predicted molar refractivity (Wildman–Crippen MR) is 102 cm³/mol. The van der Waals surface area contributed by atoms with E-state index in [1.807, 2.05) is 62.4 Å². The molecule has 0 amide bonds. The lowest BCUT2D eigenvalue weighted by Crippen LogP contribution is -2.46. The number of carbonyl (C=O) groups excluding carboxylic acids is 1. The maximum absolute atomic E-state index is 12.7. The summed E-state index contributed by atoms with van der Waals surface area (Å²) < 4.78 is 0. The minimum Gasteiger partial charge on any atom is -0.302 e. The first-order valence-electron chi connectivity index (χ1n) is 7.78. The highest BCUT2D eigenvalue weighted by molar-refractivity contribution is 6.30. The second kappa shape index (κ2) is 7.88. The van der Waals surface area contributed by atoms with E-state index in [0.29, 0.717) is 10.0 Å². The van der Waals surface area contributed by atoms with Crippen molar-refractivity contribution in [3.63, 3.8) is 0 Å². The van der Waals surface area contributed by atoms with Crippen molar-refractivity contribution in [1.82, 2.24) is 5.32 Å². The van der Waals surface area contributed by atoms with Crippen LogP contribution in [0.5, 0.6) is 0 Å². The summed E-state index contributed by atoms with van der Waals surface area (Å²) in [6.45, 7) is 3.98. The number of benzene rings is 2. The molecule has 3 rings (SSSR count). The zero-order valence-corrected chi connectivity index (χ0v) is 15.8. The van der Waals surface area contributed by atoms with Gasteiger partial charge >= 0.3 is 0 Å².